The number of rotatable bonds is 7. The number of hydrogen-bond acceptors (Lipinski definition) is 3. The predicted octanol–water partition coefficient (Wildman–Crippen LogP) is 2.74. The van der Waals surface area contributed by atoms with Gasteiger partial charge in [-0.1, -0.05) is 38.1 Å². The van der Waals surface area contributed by atoms with Crippen LogP contribution in [-0.4, -0.2) is 36.7 Å². The zero-order valence-corrected chi connectivity index (χ0v) is 14.5. The van der Waals surface area contributed by atoms with E-state index in [1.165, 1.54) is 5.56 Å². The summed E-state index contributed by atoms with van der Waals surface area (Å²) in [6.07, 6.45) is 2.24. The fourth-order valence-corrected chi connectivity index (χ4v) is 3.05. The Bertz CT molecular complexity index is 561. The van der Waals surface area contributed by atoms with Gasteiger partial charge in [0.25, 0.3) is 0 Å². The summed E-state index contributed by atoms with van der Waals surface area (Å²) in [7, 11) is 0. The minimum atomic E-state index is -0.889. The standard InChI is InChI=1S/C19H27NO4/c1-3-15-4-6-16(7-5-15)14(2)12-17(21)20-13-19(18(22)23)8-10-24-11-9-19/h4-7,14H,3,8-13H2,1-2H3,(H,20,21)(H,22,23). The maximum Gasteiger partial charge on any atom is 0.311 e. The van der Waals surface area contributed by atoms with E-state index in [9.17, 15) is 14.7 Å². The Hall–Kier alpha value is -1.88. The largest absolute Gasteiger partial charge is 0.481 e. The summed E-state index contributed by atoms with van der Waals surface area (Å²) in [6.45, 7) is 5.17. The number of ether oxygens (including phenoxy) is 1. The van der Waals surface area contributed by atoms with Gasteiger partial charge in [0.2, 0.25) is 5.91 Å². The van der Waals surface area contributed by atoms with E-state index in [0.29, 0.717) is 32.5 Å². The highest BCUT2D eigenvalue weighted by atomic mass is 16.5. The summed E-state index contributed by atoms with van der Waals surface area (Å²) in [5, 5.41) is 12.3. The Labute approximate surface area is 143 Å². The van der Waals surface area contributed by atoms with Gasteiger partial charge in [-0.25, -0.2) is 0 Å². The molecule has 0 aromatic heterocycles. The molecule has 0 saturated carbocycles. The lowest BCUT2D eigenvalue weighted by atomic mass is 9.80. The molecule has 5 nitrogen and oxygen atoms in total. The second kappa shape index (κ2) is 8.29. The molecule has 1 unspecified atom stereocenters. The summed E-state index contributed by atoms with van der Waals surface area (Å²) in [5.74, 6) is -0.852. The second-order valence-corrected chi connectivity index (χ2v) is 6.67. The van der Waals surface area contributed by atoms with Crippen molar-refractivity contribution < 1.29 is 19.4 Å². The van der Waals surface area contributed by atoms with Crippen molar-refractivity contribution >= 4 is 11.9 Å². The zero-order chi connectivity index (χ0) is 17.6. The monoisotopic (exact) mass is 333 g/mol. The smallest absolute Gasteiger partial charge is 0.311 e. The number of hydrogen-bond donors (Lipinski definition) is 2. The van der Waals surface area contributed by atoms with E-state index in [0.717, 1.165) is 12.0 Å². The summed E-state index contributed by atoms with van der Waals surface area (Å²) < 4.78 is 5.25. The van der Waals surface area contributed by atoms with Gasteiger partial charge < -0.3 is 15.2 Å². The first-order chi connectivity index (χ1) is 11.5. The topological polar surface area (TPSA) is 75.6 Å². The minimum absolute atomic E-state index is 0.103. The summed E-state index contributed by atoms with van der Waals surface area (Å²) >= 11 is 0. The average Bonchev–Trinajstić information content (AvgIpc) is 2.60. The van der Waals surface area contributed by atoms with Gasteiger partial charge in [-0.3, -0.25) is 9.59 Å². The SMILES string of the molecule is CCc1ccc(C(C)CC(=O)NCC2(C(=O)O)CCOCC2)cc1. The molecule has 1 fully saturated rings. The van der Waals surface area contributed by atoms with Crippen LogP contribution >= 0.6 is 0 Å². The number of aryl methyl sites for hydroxylation is 1. The number of carbonyl (C=O) groups is 2. The first-order valence-corrected chi connectivity index (χ1v) is 8.63. The molecule has 1 aromatic rings. The average molecular weight is 333 g/mol. The van der Waals surface area contributed by atoms with Crippen LogP contribution in [0.25, 0.3) is 0 Å². The van der Waals surface area contributed by atoms with Crippen LogP contribution in [0, 0.1) is 5.41 Å². The van der Waals surface area contributed by atoms with Gasteiger partial charge in [0.15, 0.2) is 0 Å². The van der Waals surface area contributed by atoms with Gasteiger partial charge in [0.1, 0.15) is 0 Å². The van der Waals surface area contributed by atoms with Crippen LogP contribution in [-0.2, 0) is 20.7 Å². The van der Waals surface area contributed by atoms with Crippen molar-refractivity contribution in [2.75, 3.05) is 19.8 Å². The maximum absolute atomic E-state index is 12.2. The molecule has 5 heteroatoms. The molecule has 1 aliphatic rings. The molecular formula is C19H27NO4. The van der Waals surface area contributed by atoms with E-state index < -0.39 is 11.4 Å². The van der Waals surface area contributed by atoms with Gasteiger partial charge in [-0.15, -0.1) is 0 Å². The Morgan fingerprint density at radius 2 is 1.88 bits per heavy atom. The summed E-state index contributed by atoms with van der Waals surface area (Å²) in [6, 6.07) is 8.30. The molecule has 2 rings (SSSR count). The van der Waals surface area contributed by atoms with Crippen molar-refractivity contribution in [3.8, 4) is 0 Å². The Morgan fingerprint density at radius 3 is 2.42 bits per heavy atom. The van der Waals surface area contributed by atoms with Crippen molar-refractivity contribution in [1.29, 1.82) is 0 Å². The number of amides is 1. The van der Waals surface area contributed by atoms with E-state index in [4.69, 9.17) is 4.74 Å². The minimum Gasteiger partial charge on any atom is -0.481 e. The van der Waals surface area contributed by atoms with Crippen molar-refractivity contribution in [2.24, 2.45) is 5.41 Å². The Morgan fingerprint density at radius 1 is 1.25 bits per heavy atom. The molecule has 1 heterocycles. The molecule has 1 atom stereocenters. The van der Waals surface area contributed by atoms with E-state index in [2.05, 4.69) is 36.5 Å². The van der Waals surface area contributed by atoms with Crippen LogP contribution in [0.4, 0.5) is 0 Å². The molecule has 0 bridgehead atoms. The maximum atomic E-state index is 12.2. The molecule has 1 amide bonds. The fourth-order valence-electron chi connectivity index (χ4n) is 3.05. The van der Waals surface area contributed by atoms with Crippen LogP contribution in [0.1, 0.15) is 50.2 Å². The Kier molecular flexibility index (Phi) is 6.37. The highest BCUT2D eigenvalue weighted by molar-refractivity contribution is 5.79. The van der Waals surface area contributed by atoms with Gasteiger partial charge in [0, 0.05) is 26.2 Å². The molecule has 132 valence electrons. The lowest BCUT2D eigenvalue weighted by molar-refractivity contribution is -0.154. The molecule has 2 N–H and O–H groups in total. The molecule has 1 aromatic carbocycles. The first-order valence-electron chi connectivity index (χ1n) is 8.63. The van der Waals surface area contributed by atoms with Crippen molar-refractivity contribution in [3.63, 3.8) is 0 Å². The third-order valence-corrected chi connectivity index (χ3v) is 4.98. The van der Waals surface area contributed by atoms with Crippen LogP contribution in [0.2, 0.25) is 0 Å². The lowest BCUT2D eigenvalue weighted by Gasteiger charge is -2.33. The van der Waals surface area contributed by atoms with Crippen molar-refractivity contribution in [1.82, 2.24) is 5.32 Å². The summed E-state index contributed by atoms with van der Waals surface area (Å²) in [4.78, 5) is 23.8. The second-order valence-electron chi connectivity index (χ2n) is 6.67. The highest BCUT2D eigenvalue weighted by Crippen LogP contribution is 2.30. The van der Waals surface area contributed by atoms with E-state index in [1.54, 1.807) is 0 Å². The molecule has 24 heavy (non-hydrogen) atoms. The van der Waals surface area contributed by atoms with Crippen LogP contribution in [0.15, 0.2) is 24.3 Å². The quantitative estimate of drug-likeness (QED) is 0.804. The number of carbonyl (C=O) groups excluding carboxylic acids is 1. The number of carboxylic acids is 1. The van der Waals surface area contributed by atoms with Crippen LogP contribution in [0.5, 0.6) is 0 Å². The molecule has 1 saturated heterocycles. The van der Waals surface area contributed by atoms with Gasteiger partial charge in [-0.2, -0.15) is 0 Å². The third kappa shape index (κ3) is 4.57. The van der Waals surface area contributed by atoms with Crippen molar-refractivity contribution in [3.05, 3.63) is 35.4 Å². The summed E-state index contributed by atoms with van der Waals surface area (Å²) in [5.41, 5.74) is 1.51. The van der Waals surface area contributed by atoms with Crippen molar-refractivity contribution in [2.45, 2.75) is 45.4 Å². The van der Waals surface area contributed by atoms with E-state index in [-0.39, 0.29) is 18.4 Å². The van der Waals surface area contributed by atoms with Crippen LogP contribution in [0.3, 0.4) is 0 Å². The number of nitrogens with one attached hydrogen (secondary N) is 1. The molecule has 0 aliphatic carbocycles. The third-order valence-electron chi connectivity index (χ3n) is 4.98. The zero-order valence-electron chi connectivity index (χ0n) is 14.5. The van der Waals surface area contributed by atoms with E-state index in [1.807, 2.05) is 6.92 Å². The van der Waals surface area contributed by atoms with Gasteiger partial charge in [-0.05, 0) is 36.3 Å². The predicted molar refractivity (Wildman–Crippen MR) is 92.0 cm³/mol. The fraction of sp³-hybridized carbons (Fsp3) is 0.579. The highest BCUT2D eigenvalue weighted by Gasteiger charge is 2.40. The number of aliphatic carboxylic acids is 1. The molecule has 0 radical (unpaired) electrons. The first kappa shape index (κ1) is 18.5. The normalized spacial score (nSPS) is 17.9. The molecule has 1 aliphatic heterocycles. The van der Waals surface area contributed by atoms with Crippen LogP contribution < -0.4 is 5.32 Å². The molecular weight excluding hydrogens is 306 g/mol. The molecule has 0 spiro atoms. The Balaban J connectivity index is 1.88. The van der Waals surface area contributed by atoms with E-state index >= 15 is 0 Å². The number of carboxylic acid groups (broad SMARTS) is 1. The van der Waals surface area contributed by atoms with Gasteiger partial charge in [0.05, 0.1) is 5.41 Å². The number of benzene rings is 1. The van der Waals surface area contributed by atoms with Gasteiger partial charge >= 0.3 is 5.97 Å². The lowest BCUT2D eigenvalue weighted by Crippen LogP contribution is -2.46.